The molecular weight excluding hydrogens is 238 g/mol. The van der Waals surface area contributed by atoms with Gasteiger partial charge in [-0.25, -0.2) is 4.98 Å². The van der Waals surface area contributed by atoms with Crippen LogP contribution in [0.15, 0.2) is 12.4 Å². The van der Waals surface area contributed by atoms with Gasteiger partial charge in [-0.1, -0.05) is 0 Å². The Morgan fingerprint density at radius 2 is 2.32 bits per heavy atom. The molecule has 2 rings (SSSR count). The molecule has 4 heteroatoms. The smallest absolute Gasteiger partial charge is 0.113 e. The van der Waals surface area contributed by atoms with E-state index in [4.69, 9.17) is 4.74 Å². The quantitative estimate of drug-likeness (QED) is 0.741. The number of hydrogen-bond donors (Lipinski definition) is 0. The van der Waals surface area contributed by atoms with Crippen molar-refractivity contribution < 1.29 is 4.74 Å². The molecule has 1 unspecified atom stereocenters. The number of nitrogens with zero attached hydrogens (tertiary/aromatic N) is 3. The standard InChI is InChI=1S/C15H27N3O/c1-4-19-11-10-17-8-5-6-14(12-17)15-16-7-9-18(15)13(2)3/h7,9,13-14H,4-6,8,10-12H2,1-3H3. The van der Waals surface area contributed by atoms with E-state index < -0.39 is 0 Å². The van der Waals surface area contributed by atoms with Crippen LogP contribution in [0.5, 0.6) is 0 Å². The number of ether oxygens (including phenoxy) is 1. The minimum Gasteiger partial charge on any atom is -0.380 e. The van der Waals surface area contributed by atoms with Crippen LogP contribution in [0.2, 0.25) is 0 Å². The minimum absolute atomic E-state index is 0.497. The zero-order chi connectivity index (χ0) is 13.7. The second kappa shape index (κ2) is 7.06. The van der Waals surface area contributed by atoms with E-state index in [1.807, 2.05) is 6.20 Å². The highest BCUT2D eigenvalue weighted by Gasteiger charge is 2.24. The zero-order valence-corrected chi connectivity index (χ0v) is 12.5. The van der Waals surface area contributed by atoms with Crippen LogP contribution < -0.4 is 0 Å². The third-order valence-electron chi connectivity index (χ3n) is 3.88. The fourth-order valence-electron chi connectivity index (χ4n) is 2.88. The second-order valence-electron chi connectivity index (χ2n) is 5.62. The van der Waals surface area contributed by atoms with Crippen molar-refractivity contribution in [1.29, 1.82) is 0 Å². The minimum atomic E-state index is 0.497. The Morgan fingerprint density at radius 1 is 1.47 bits per heavy atom. The van der Waals surface area contributed by atoms with Gasteiger partial charge in [0.05, 0.1) is 6.61 Å². The van der Waals surface area contributed by atoms with Crippen LogP contribution in [0.3, 0.4) is 0 Å². The molecule has 1 atom stereocenters. The van der Waals surface area contributed by atoms with E-state index in [-0.39, 0.29) is 0 Å². The van der Waals surface area contributed by atoms with Gasteiger partial charge in [0.2, 0.25) is 0 Å². The van der Waals surface area contributed by atoms with Crippen molar-refractivity contribution in [1.82, 2.24) is 14.5 Å². The average molecular weight is 265 g/mol. The summed E-state index contributed by atoms with van der Waals surface area (Å²) in [4.78, 5) is 7.11. The SMILES string of the molecule is CCOCCN1CCCC(c2nccn2C(C)C)C1. The lowest BCUT2D eigenvalue weighted by Gasteiger charge is -2.32. The Bertz CT molecular complexity index is 375. The maximum atomic E-state index is 5.46. The highest BCUT2D eigenvalue weighted by atomic mass is 16.5. The molecule has 19 heavy (non-hydrogen) atoms. The van der Waals surface area contributed by atoms with Crippen LogP contribution >= 0.6 is 0 Å². The summed E-state index contributed by atoms with van der Waals surface area (Å²) in [5, 5.41) is 0. The van der Waals surface area contributed by atoms with Crippen LogP contribution in [0.4, 0.5) is 0 Å². The number of piperidine rings is 1. The van der Waals surface area contributed by atoms with Gasteiger partial charge in [0.15, 0.2) is 0 Å². The van der Waals surface area contributed by atoms with Crippen LogP contribution in [0, 0.1) is 0 Å². The summed E-state index contributed by atoms with van der Waals surface area (Å²) >= 11 is 0. The number of hydrogen-bond acceptors (Lipinski definition) is 3. The predicted molar refractivity (Wildman–Crippen MR) is 77.5 cm³/mol. The molecular formula is C15H27N3O. The van der Waals surface area contributed by atoms with E-state index >= 15 is 0 Å². The molecule has 1 aromatic rings. The van der Waals surface area contributed by atoms with Crippen molar-refractivity contribution in [2.45, 2.75) is 45.6 Å². The Morgan fingerprint density at radius 3 is 3.05 bits per heavy atom. The fourth-order valence-corrected chi connectivity index (χ4v) is 2.88. The van der Waals surface area contributed by atoms with Crippen LogP contribution in [0.25, 0.3) is 0 Å². The fraction of sp³-hybridized carbons (Fsp3) is 0.800. The maximum absolute atomic E-state index is 5.46. The van der Waals surface area contributed by atoms with Crippen LogP contribution in [-0.2, 0) is 4.74 Å². The van der Waals surface area contributed by atoms with Crippen molar-refractivity contribution in [3.8, 4) is 0 Å². The first-order chi connectivity index (χ1) is 9.22. The summed E-state index contributed by atoms with van der Waals surface area (Å²) in [6.07, 6.45) is 6.57. The number of likely N-dealkylation sites (tertiary alicyclic amines) is 1. The molecule has 0 saturated carbocycles. The molecule has 1 fully saturated rings. The largest absolute Gasteiger partial charge is 0.380 e. The molecule has 0 radical (unpaired) electrons. The molecule has 2 heterocycles. The summed E-state index contributed by atoms with van der Waals surface area (Å²) in [7, 11) is 0. The maximum Gasteiger partial charge on any atom is 0.113 e. The molecule has 1 aromatic heterocycles. The molecule has 0 amide bonds. The van der Waals surface area contributed by atoms with Crippen molar-refractivity contribution >= 4 is 0 Å². The lowest BCUT2D eigenvalue weighted by atomic mass is 9.97. The van der Waals surface area contributed by atoms with Crippen molar-refractivity contribution in [2.24, 2.45) is 0 Å². The highest BCUT2D eigenvalue weighted by Crippen LogP contribution is 2.27. The first-order valence-corrected chi connectivity index (χ1v) is 7.55. The van der Waals surface area contributed by atoms with Gasteiger partial charge in [0.25, 0.3) is 0 Å². The highest BCUT2D eigenvalue weighted by molar-refractivity contribution is 5.04. The Labute approximate surface area is 116 Å². The summed E-state index contributed by atoms with van der Waals surface area (Å²) in [5.74, 6) is 1.84. The third kappa shape index (κ3) is 3.80. The Hall–Kier alpha value is -0.870. The van der Waals surface area contributed by atoms with E-state index in [9.17, 15) is 0 Å². The number of aromatic nitrogens is 2. The van der Waals surface area contributed by atoms with Crippen molar-refractivity contribution in [3.63, 3.8) is 0 Å². The number of rotatable bonds is 6. The van der Waals surface area contributed by atoms with Crippen molar-refractivity contribution in [2.75, 3.05) is 32.8 Å². The first-order valence-electron chi connectivity index (χ1n) is 7.55. The predicted octanol–water partition coefficient (Wildman–Crippen LogP) is 2.68. The summed E-state index contributed by atoms with van der Waals surface area (Å²) in [6.45, 7) is 11.5. The summed E-state index contributed by atoms with van der Waals surface area (Å²) in [5.41, 5.74) is 0. The lowest BCUT2D eigenvalue weighted by Crippen LogP contribution is -2.37. The van der Waals surface area contributed by atoms with Gasteiger partial charge in [-0.15, -0.1) is 0 Å². The number of imidazole rings is 1. The van der Waals surface area contributed by atoms with Gasteiger partial charge in [0.1, 0.15) is 5.82 Å². The monoisotopic (exact) mass is 265 g/mol. The van der Waals surface area contributed by atoms with Gasteiger partial charge in [-0.05, 0) is 40.2 Å². The van der Waals surface area contributed by atoms with Crippen LogP contribution in [0.1, 0.15) is 51.4 Å². The Kier molecular flexibility index (Phi) is 5.40. The van der Waals surface area contributed by atoms with E-state index in [1.54, 1.807) is 0 Å². The molecule has 0 aromatic carbocycles. The first kappa shape index (κ1) is 14.5. The summed E-state index contributed by atoms with van der Waals surface area (Å²) < 4.78 is 7.78. The van der Waals surface area contributed by atoms with Crippen LogP contribution in [-0.4, -0.2) is 47.3 Å². The lowest BCUT2D eigenvalue weighted by molar-refractivity contribution is 0.0994. The topological polar surface area (TPSA) is 30.3 Å². The van der Waals surface area contributed by atoms with Crippen molar-refractivity contribution in [3.05, 3.63) is 18.2 Å². The van der Waals surface area contributed by atoms with E-state index in [0.717, 1.165) is 26.3 Å². The second-order valence-corrected chi connectivity index (χ2v) is 5.62. The summed E-state index contributed by atoms with van der Waals surface area (Å²) in [6, 6.07) is 0.497. The van der Waals surface area contributed by atoms with E-state index in [2.05, 4.69) is 41.4 Å². The molecule has 1 saturated heterocycles. The molecule has 1 aliphatic rings. The Balaban J connectivity index is 1.94. The van der Waals surface area contributed by atoms with Gasteiger partial charge in [-0.3, -0.25) is 0 Å². The third-order valence-corrected chi connectivity index (χ3v) is 3.88. The molecule has 0 bridgehead atoms. The molecule has 0 aliphatic carbocycles. The van der Waals surface area contributed by atoms with Gasteiger partial charge >= 0.3 is 0 Å². The van der Waals surface area contributed by atoms with E-state index in [1.165, 1.54) is 25.2 Å². The van der Waals surface area contributed by atoms with Gasteiger partial charge < -0.3 is 14.2 Å². The normalized spacial score (nSPS) is 21.2. The van der Waals surface area contributed by atoms with E-state index in [0.29, 0.717) is 12.0 Å². The average Bonchev–Trinajstić information content (AvgIpc) is 2.89. The molecule has 4 nitrogen and oxygen atoms in total. The zero-order valence-electron chi connectivity index (χ0n) is 12.5. The molecule has 0 N–H and O–H groups in total. The molecule has 108 valence electrons. The van der Waals surface area contributed by atoms with Gasteiger partial charge in [-0.2, -0.15) is 0 Å². The van der Waals surface area contributed by atoms with Gasteiger partial charge in [0, 0.05) is 44.0 Å². The molecule has 1 aliphatic heterocycles. The molecule has 0 spiro atoms.